The summed E-state index contributed by atoms with van der Waals surface area (Å²) in [6.07, 6.45) is 6.73. The number of hydrogen-bond acceptors (Lipinski definition) is 2. The zero-order valence-electron chi connectivity index (χ0n) is 12.8. The highest BCUT2D eigenvalue weighted by atomic mass is 15.1. The van der Waals surface area contributed by atoms with E-state index in [2.05, 4.69) is 41.4 Å². The van der Waals surface area contributed by atoms with E-state index in [1.807, 2.05) is 0 Å². The van der Waals surface area contributed by atoms with E-state index < -0.39 is 0 Å². The van der Waals surface area contributed by atoms with Crippen molar-refractivity contribution in [3.63, 3.8) is 0 Å². The maximum Gasteiger partial charge on any atom is 0.0236 e. The summed E-state index contributed by atoms with van der Waals surface area (Å²) in [4.78, 5) is 2.70. The summed E-state index contributed by atoms with van der Waals surface area (Å²) in [7, 11) is 0. The molecule has 2 aliphatic rings. The molecule has 2 heteroatoms. The Balaban J connectivity index is 1.68. The third-order valence-electron chi connectivity index (χ3n) is 5.19. The monoisotopic (exact) mass is 272 g/mol. The molecule has 1 aromatic carbocycles. The van der Waals surface area contributed by atoms with E-state index in [1.165, 1.54) is 63.0 Å². The number of nitrogens with zero attached hydrogens (tertiary/aromatic N) is 1. The zero-order valence-corrected chi connectivity index (χ0v) is 12.8. The summed E-state index contributed by atoms with van der Waals surface area (Å²) in [6.45, 7) is 8.44. The Morgan fingerprint density at radius 1 is 1.15 bits per heavy atom. The average Bonchev–Trinajstić information content (AvgIpc) is 2.49. The first-order valence-electron chi connectivity index (χ1n) is 8.31. The number of rotatable bonds is 3. The van der Waals surface area contributed by atoms with E-state index in [9.17, 15) is 0 Å². The van der Waals surface area contributed by atoms with Crippen LogP contribution in [0.5, 0.6) is 0 Å². The van der Waals surface area contributed by atoms with Crippen LogP contribution in [0.2, 0.25) is 0 Å². The molecule has 20 heavy (non-hydrogen) atoms. The van der Waals surface area contributed by atoms with Crippen molar-refractivity contribution in [2.75, 3.05) is 26.2 Å². The molecule has 0 amide bonds. The molecule has 1 atom stereocenters. The highest BCUT2D eigenvalue weighted by Gasteiger charge is 2.36. The lowest BCUT2D eigenvalue weighted by atomic mass is 9.74. The summed E-state index contributed by atoms with van der Waals surface area (Å²) in [6, 6.07) is 8.97. The molecule has 2 saturated heterocycles. The Morgan fingerprint density at radius 3 is 2.70 bits per heavy atom. The number of nitrogens with one attached hydrogen (secondary N) is 1. The Hall–Kier alpha value is -0.860. The summed E-state index contributed by atoms with van der Waals surface area (Å²) in [5.74, 6) is 0. The lowest BCUT2D eigenvalue weighted by Gasteiger charge is -2.45. The van der Waals surface area contributed by atoms with Crippen LogP contribution in [0.4, 0.5) is 0 Å². The van der Waals surface area contributed by atoms with Crippen LogP contribution in [0, 0.1) is 5.41 Å². The van der Waals surface area contributed by atoms with Crippen molar-refractivity contribution in [2.24, 2.45) is 5.41 Å². The summed E-state index contributed by atoms with van der Waals surface area (Å²) >= 11 is 0. The fourth-order valence-corrected chi connectivity index (χ4v) is 4.12. The van der Waals surface area contributed by atoms with Crippen LogP contribution in [0.1, 0.15) is 43.7 Å². The topological polar surface area (TPSA) is 15.3 Å². The minimum Gasteiger partial charge on any atom is -0.316 e. The number of likely N-dealkylation sites (tertiary alicyclic amines) is 1. The van der Waals surface area contributed by atoms with Crippen LogP contribution in [-0.4, -0.2) is 31.1 Å². The Morgan fingerprint density at radius 2 is 1.95 bits per heavy atom. The fourth-order valence-electron chi connectivity index (χ4n) is 4.12. The van der Waals surface area contributed by atoms with Crippen molar-refractivity contribution >= 4 is 0 Å². The number of benzene rings is 1. The molecule has 2 aliphatic heterocycles. The third-order valence-corrected chi connectivity index (χ3v) is 5.19. The number of aryl methyl sites for hydroxylation is 1. The number of hydrogen-bond donors (Lipinski definition) is 1. The minimum absolute atomic E-state index is 0.567. The normalized spacial score (nSPS) is 27.9. The molecular formula is C18H28N2. The van der Waals surface area contributed by atoms with Gasteiger partial charge in [0.05, 0.1) is 0 Å². The van der Waals surface area contributed by atoms with Gasteiger partial charge in [-0.05, 0) is 61.7 Å². The van der Waals surface area contributed by atoms with Crippen LogP contribution in [0.15, 0.2) is 24.3 Å². The molecule has 0 aliphatic carbocycles. The van der Waals surface area contributed by atoms with Gasteiger partial charge < -0.3 is 5.32 Å². The van der Waals surface area contributed by atoms with Gasteiger partial charge in [-0.15, -0.1) is 0 Å². The standard InChI is InChI=1S/C18H28N2/c1-2-16-7-3-4-8-17(16)13-20-12-6-10-18(15-20)9-5-11-19-14-18/h3-4,7-8,19H,2,5-6,9-15H2,1H3. The first-order valence-corrected chi connectivity index (χ1v) is 8.31. The maximum absolute atomic E-state index is 3.63. The van der Waals surface area contributed by atoms with E-state index in [1.54, 1.807) is 0 Å². The molecule has 0 radical (unpaired) electrons. The molecule has 0 aromatic heterocycles. The SMILES string of the molecule is CCc1ccccc1CN1CCCC2(CCCNC2)C1. The van der Waals surface area contributed by atoms with Crippen LogP contribution < -0.4 is 5.32 Å². The van der Waals surface area contributed by atoms with Gasteiger partial charge in [0.15, 0.2) is 0 Å². The van der Waals surface area contributed by atoms with Gasteiger partial charge in [0.1, 0.15) is 0 Å². The summed E-state index contributed by atoms with van der Waals surface area (Å²) < 4.78 is 0. The molecule has 1 unspecified atom stereocenters. The van der Waals surface area contributed by atoms with Crippen molar-refractivity contribution in [3.05, 3.63) is 35.4 Å². The van der Waals surface area contributed by atoms with Crippen molar-refractivity contribution in [3.8, 4) is 0 Å². The maximum atomic E-state index is 3.63. The third kappa shape index (κ3) is 3.07. The van der Waals surface area contributed by atoms with Crippen molar-refractivity contribution in [1.82, 2.24) is 10.2 Å². The summed E-state index contributed by atoms with van der Waals surface area (Å²) in [5.41, 5.74) is 3.63. The molecule has 2 fully saturated rings. The van der Waals surface area contributed by atoms with E-state index >= 15 is 0 Å². The van der Waals surface area contributed by atoms with Gasteiger partial charge in [0.2, 0.25) is 0 Å². The molecule has 1 aromatic rings. The molecule has 0 bridgehead atoms. The molecule has 110 valence electrons. The lowest BCUT2D eigenvalue weighted by Crippen LogP contribution is -2.50. The molecular weight excluding hydrogens is 244 g/mol. The van der Waals surface area contributed by atoms with E-state index in [0.29, 0.717) is 5.41 Å². The second-order valence-corrected chi connectivity index (χ2v) is 6.72. The smallest absolute Gasteiger partial charge is 0.0236 e. The molecule has 1 N–H and O–H groups in total. The van der Waals surface area contributed by atoms with Gasteiger partial charge in [-0.1, -0.05) is 31.2 Å². The number of piperidine rings is 2. The Labute approximate surface area is 123 Å². The van der Waals surface area contributed by atoms with E-state index in [4.69, 9.17) is 0 Å². The van der Waals surface area contributed by atoms with Gasteiger partial charge in [0.25, 0.3) is 0 Å². The largest absolute Gasteiger partial charge is 0.316 e. The molecule has 0 saturated carbocycles. The Kier molecular flexibility index (Phi) is 4.42. The van der Waals surface area contributed by atoms with Crippen LogP contribution >= 0.6 is 0 Å². The second-order valence-electron chi connectivity index (χ2n) is 6.72. The van der Waals surface area contributed by atoms with Crippen LogP contribution in [0.3, 0.4) is 0 Å². The first kappa shape index (κ1) is 14.1. The van der Waals surface area contributed by atoms with Crippen LogP contribution in [-0.2, 0) is 13.0 Å². The highest BCUT2D eigenvalue weighted by molar-refractivity contribution is 5.27. The summed E-state index contributed by atoms with van der Waals surface area (Å²) in [5, 5.41) is 3.63. The van der Waals surface area contributed by atoms with Gasteiger partial charge in [-0.3, -0.25) is 4.90 Å². The quantitative estimate of drug-likeness (QED) is 0.909. The van der Waals surface area contributed by atoms with Gasteiger partial charge >= 0.3 is 0 Å². The second kappa shape index (κ2) is 6.28. The predicted octanol–water partition coefficient (Wildman–Crippen LogP) is 3.21. The van der Waals surface area contributed by atoms with Crippen molar-refractivity contribution in [2.45, 2.75) is 45.6 Å². The van der Waals surface area contributed by atoms with Crippen molar-refractivity contribution < 1.29 is 0 Å². The average molecular weight is 272 g/mol. The molecule has 1 spiro atoms. The van der Waals surface area contributed by atoms with E-state index in [0.717, 1.165) is 13.0 Å². The van der Waals surface area contributed by atoms with Gasteiger partial charge in [-0.25, -0.2) is 0 Å². The van der Waals surface area contributed by atoms with Crippen LogP contribution in [0.25, 0.3) is 0 Å². The lowest BCUT2D eigenvalue weighted by molar-refractivity contribution is 0.0599. The first-order chi connectivity index (χ1) is 9.81. The molecule has 2 nitrogen and oxygen atoms in total. The molecule has 3 rings (SSSR count). The highest BCUT2D eigenvalue weighted by Crippen LogP contribution is 2.36. The Bertz CT molecular complexity index is 429. The minimum atomic E-state index is 0.567. The molecule has 2 heterocycles. The van der Waals surface area contributed by atoms with Crippen molar-refractivity contribution in [1.29, 1.82) is 0 Å². The van der Waals surface area contributed by atoms with Gasteiger partial charge in [-0.2, -0.15) is 0 Å². The van der Waals surface area contributed by atoms with E-state index in [-0.39, 0.29) is 0 Å². The fraction of sp³-hybridized carbons (Fsp3) is 0.667. The van der Waals surface area contributed by atoms with Gasteiger partial charge in [0, 0.05) is 19.6 Å². The predicted molar refractivity (Wildman–Crippen MR) is 84.9 cm³/mol. The zero-order chi connectivity index (χ0) is 13.8.